The Bertz CT molecular complexity index is 426. The van der Waals surface area contributed by atoms with E-state index in [4.69, 9.17) is 5.11 Å². The lowest BCUT2D eigenvalue weighted by Crippen LogP contribution is -2.04. The highest BCUT2D eigenvalue weighted by molar-refractivity contribution is 7.91. The van der Waals surface area contributed by atoms with Crippen molar-refractivity contribution in [3.63, 3.8) is 0 Å². The van der Waals surface area contributed by atoms with Gasteiger partial charge in [-0.3, -0.25) is 0 Å². The van der Waals surface area contributed by atoms with Gasteiger partial charge >= 0.3 is 0 Å². The van der Waals surface area contributed by atoms with Crippen LogP contribution in [0.4, 0.5) is 4.39 Å². The number of hydrogen-bond acceptors (Lipinski definition) is 3. The summed E-state index contributed by atoms with van der Waals surface area (Å²) in [5.41, 5.74) is 0.0973. The minimum atomic E-state index is -3.37. The van der Waals surface area contributed by atoms with Gasteiger partial charge in [0.05, 0.1) is 17.3 Å². The van der Waals surface area contributed by atoms with Crippen LogP contribution >= 0.6 is 0 Å². The summed E-state index contributed by atoms with van der Waals surface area (Å²) in [6.45, 7) is 1.06. The molecule has 3 nitrogen and oxygen atoms in total. The van der Waals surface area contributed by atoms with Crippen molar-refractivity contribution in [3.8, 4) is 0 Å². The first kappa shape index (κ1) is 11.1. The molecule has 0 spiro atoms. The van der Waals surface area contributed by atoms with Gasteiger partial charge < -0.3 is 5.11 Å². The number of rotatable bonds is 3. The molecule has 0 heterocycles. The highest BCUT2D eigenvalue weighted by Gasteiger charge is 2.13. The third-order valence-electron chi connectivity index (χ3n) is 1.93. The van der Waals surface area contributed by atoms with Gasteiger partial charge in [-0.15, -0.1) is 0 Å². The van der Waals surface area contributed by atoms with Crippen LogP contribution in [0.1, 0.15) is 12.5 Å². The van der Waals surface area contributed by atoms with Gasteiger partial charge in [0.2, 0.25) is 0 Å². The van der Waals surface area contributed by atoms with Crippen molar-refractivity contribution in [2.45, 2.75) is 18.4 Å². The number of benzene rings is 1. The second-order valence-electron chi connectivity index (χ2n) is 2.81. The monoisotopic (exact) mass is 218 g/mol. The second-order valence-corrected chi connectivity index (χ2v) is 5.09. The molecule has 0 aromatic heterocycles. The fourth-order valence-electron chi connectivity index (χ4n) is 1.02. The number of sulfone groups is 1. The van der Waals surface area contributed by atoms with Crippen LogP contribution < -0.4 is 0 Å². The van der Waals surface area contributed by atoms with Crippen LogP contribution in [0.2, 0.25) is 0 Å². The van der Waals surface area contributed by atoms with Crippen LogP contribution in [0.3, 0.4) is 0 Å². The van der Waals surface area contributed by atoms with Crippen LogP contribution in [0.5, 0.6) is 0 Å². The van der Waals surface area contributed by atoms with Crippen molar-refractivity contribution in [3.05, 3.63) is 29.6 Å². The van der Waals surface area contributed by atoms with Crippen molar-refractivity contribution in [1.29, 1.82) is 0 Å². The quantitative estimate of drug-likeness (QED) is 0.826. The molecule has 0 saturated carbocycles. The molecule has 0 atom stereocenters. The molecule has 1 aromatic carbocycles. The summed E-state index contributed by atoms with van der Waals surface area (Å²) in [7, 11) is -3.37. The zero-order valence-corrected chi connectivity index (χ0v) is 8.51. The molecule has 0 unspecified atom stereocenters. The predicted molar refractivity (Wildman–Crippen MR) is 50.0 cm³/mol. The van der Waals surface area contributed by atoms with Crippen LogP contribution in [0.15, 0.2) is 23.1 Å². The molecule has 5 heteroatoms. The third kappa shape index (κ3) is 2.10. The number of aliphatic hydroxyl groups is 1. The van der Waals surface area contributed by atoms with E-state index in [1.165, 1.54) is 19.1 Å². The van der Waals surface area contributed by atoms with Crippen LogP contribution in [-0.4, -0.2) is 19.3 Å². The fourth-order valence-corrected chi connectivity index (χ4v) is 1.91. The van der Waals surface area contributed by atoms with E-state index >= 15 is 0 Å². The normalized spacial score (nSPS) is 11.6. The first-order chi connectivity index (χ1) is 6.51. The molecule has 1 N–H and O–H groups in total. The topological polar surface area (TPSA) is 54.4 Å². The van der Waals surface area contributed by atoms with Gasteiger partial charge in [0.1, 0.15) is 5.82 Å². The van der Waals surface area contributed by atoms with Crippen LogP contribution in [-0.2, 0) is 16.4 Å². The highest BCUT2D eigenvalue weighted by atomic mass is 32.2. The Morgan fingerprint density at radius 2 is 2.07 bits per heavy atom. The SMILES string of the molecule is CCS(=O)(=O)c1ccc(CO)c(F)c1. The number of halogens is 1. The van der Waals surface area contributed by atoms with E-state index in [0.717, 1.165) is 6.07 Å². The Morgan fingerprint density at radius 1 is 1.43 bits per heavy atom. The fraction of sp³-hybridized carbons (Fsp3) is 0.333. The van der Waals surface area contributed by atoms with E-state index in [1.54, 1.807) is 0 Å². The van der Waals surface area contributed by atoms with Crippen LogP contribution in [0, 0.1) is 5.82 Å². The molecule has 0 radical (unpaired) electrons. The molecule has 14 heavy (non-hydrogen) atoms. The van der Waals surface area contributed by atoms with Gasteiger partial charge in [0.15, 0.2) is 9.84 Å². The van der Waals surface area contributed by atoms with Gasteiger partial charge in [0.25, 0.3) is 0 Å². The minimum absolute atomic E-state index is 0.0466. The van der Waals surface area contributed by atoms with Crippen LogP contribution in [0.25, 0.3) is 0 Å². The lowest BCUT2D eigenvalue weighted by atomic mass is 10.2. The first-order valence-electron chi connectivity index (χ1n) is 4.13. The highest BCUT2D eigenvalue weighted by Crippen LogP contribution is 2.15. The summed E-state index contributed by atoms with van der Waals surface area (Å²) in [6.07, 6.45) is 0. The Hall–Kier alpha value is -0.940. The third-order valence-corrected chi connectivity index (χ3v) is 3.67. The Morgan fingerprint density at radius 3 is 2.50 bits per heavy atom. The van der Waals surface area contributed by atoms with E-state index in [9.17, 15) is 12.8 Å². The van der Waals surface area contributed by atoms with Gasteiger partial charge in [-0.25, -0.2) is 12.8 Å². The van der Waals surface area contributed by atoms with Crippen molar-refractivity contribution >= 4 is 9.84 Å². The van der Waals surface area contributed by atoms with Crippen molar-refractivity contribution in [1.82, 2.24) is 0 Å². The van der Waals surface area contributed by atoms with E-state index in [1.807, 2.05) is 0 Å². The summed E-state index contributed by atoms with van der Waals surface area (Å²) < 4.78 is 35.7. The van der Waals surface area contributed by atoms with Crippen molar-refractivity contribution < 1.29 is 17.9 Å². The summed E-state index contributed by atoms with van der Waals surface area (Å²) >= 11 is 0. The maximum Gasteiger partial charge on any atom is 0.178 e. The molecule has 0 amide bonds. The van der Waals surface area contributed by atoms with Crippen molar-refractivity contribution in [2.24, 2.45) is 0 Å². The molecule has 0 bridgehead atoms. The van der Waals surface area contributed by atoms with E-state index in [0.29, 0.717) is 0 Å². The number of hydrogen-bond donors (Lipinski definition) is 1. The summed E-state index contributed by atoms with van der Waals surface area (Å²) in [5, 5.41) is 8.68. The molecule has 1 rings (SSSR count). The van der Waals surface area contributed by atoms with Gasteiger partial charge in [-0.1, -0.05) is 13.0 Å². The first-order valence-corrected chi connectivity index (χ1v) is 5.78. The zero-order valence-electron chi connectivity index (χ0n) is 7.70. The van der Waals surface area contributed by atoms with E-state index in [2.05, 4.69) is 0 Å². The average Bonchev–Trinajstić information content (AvgIpc) is 2.17. The Balaban J connectivity index is 3.22. The molecule has 78 valence electrons. The Kier molecular flexibility index (Phi) is 3.23. The van der Waals surface area contributed by atoms with E-state index in [-0.39, 0.29) is 16.2 Å². The van der Waals surface area contributed by atoms with Gasteiger partial charge in [-0.05, 0) is 12.1 Å². The molecule has 0 saturated heterocycles. The molecule has 0 aliphatic heterocycles. The smallest absolute Gasteiger partial charge is 0.178 e. The lowest BCUT2D eigenvalue weighted by molar-refractivity contribution is 0.275. The van der Waals surface area contributed by atoms with E-state index < -0.39 is 22.3 Å². The maximum absolute atomic E-state index is 13.1. The molecule has 0 fully saturated rings. The van der Waals surface area contributed by atoms with Crippen molar-refractivity contribution in [2.75, 3.05) is 5.75 Å². The maximum atomic E-state index is 13.1. The lowest BCUT2D eigenvalue weighted by Gasteiger charge is -2.03. The second kappa shape index (κ2) is 4.06. The molecular weight excluding hydrogens is 207 g/mol. The molecular formula is C9H11FO3S. The standard InChI is InChI=1S/C9H11FO3S/c1-2-14(12,13)8-4-3-7(6-11)9(10)5-8/h3-5,11H,2,6H2,1H3. The summed E-state index contributed by atoms with van der Waals surface area (Å²) in [5.74, 6) is -0.757. The molecule has 1 aromatic rings. The molecule has 0 aliphatic carbocycles. The zero-order chi connectivity index (χ0) is 10.8. The number of aliphatic hydroxyl groups excluding tert-OH is 1. The molecule has 0 aliphatic rings. The van der Waals surface area contributed by atoms with Gasteiger partial charge in [0, 0.05) is 5.56 Å². The predicted octanol–water partition coefficient (Wildman–Crippen LogP) is 1.11. The summed E-state index contributed by atoms with van der Waals surface area (Å²) in [6, 6.07) is 3.51. The summed E-state index contributed by atoms with van der Waals surface area (Å²) in [4.78, 5) is -0.0466. The Labute approximate surface area is 82.1 Å². The average molecular weight is 218 g/mol. The largest absolute Gasteiger partial charge is 0.392 e. The minimum Gasteiger partial charge on any atom is -0.392 e. The van der Waals surface area contributed by atoms with Gasteiger partial charge in [-0.2, -0.15) is 0 Å².